The summed E-state index contributed by atoms with van der Waals surface area (Å²) in [5, 5.41) is 15.1. The molecule has 3 aromatic heterocycles. The highest BCUT2D eigenvalue weighted by Gasteiger charge is 2.29. The van der Waals surface area contributed by atoms with Gasteiger partial charge >= 0.3 is 6.18 Å². The van der Waals surface area contributed by atoms with Crippen LogP contribution in [0.3, 0.4) is 0 Å². The minimum atomic E-state index is -5.19. The molecule has 0 aliphatic heterocycles. The van der Waals surface area contributed by atoms with Gasteiger partial charge in [-0.1, -0.05) is 25.8 Å². The van der Waals surface area contributed by atoms with Crippen molar-refractivity contribution in [2.45, 2.75) is 71.0 Å². The Morgan fingerprint density at radius 1 is 1.14 bits per heavy atom. The number of rotatable bonds is 13. The standard InChI is InChI=1S/C28H34N4O3S.C2HF3O2/c1-4-19(33)9-6-5-7-10-24(28-29-17-25(32-28)26-11-8-14-36-26)31-27(34)16-21-18(2)30-23-13-12-20(35-3)15-22(21)23;3-2(4,5)1(6)7/h8,11-15,17,24,30H,4-7,9-10,16H2,1-3H3,(H,29,32)(H,31,34);(H,6,7)/t24-;/m0./s1. The average Bonchev–Trinajstić information content (AvgIpc) is 3.73. The van der Waals surface area contributed by atoms with Gasteiger partial charge in [0.1, 0.15) is 29.7 Å². The van der Waals surface area contributed by atoms with Crippen molar-refractivity contribution in [3.05, 3.63) is 59.0 Å². The maximum atomic E-state index is 13.3. The molecule has 0 aliphatic carbocycles. The van der Waals surface area contributed by atoms with Crippen molar-refractivity contribution in [3.63, 3.8) is 0 Å². The molecule has 4 N–H and O–H groups in total. The molecule has 0 saturated carbocycles. The molecule has 0 radical (unpaired) electrons. The lowest BCUT2D eigenvalue weighted by molar-refractivity contribution is -0.391. The molecule has 3 heterocycles. The Kier molecular flexibility index (Phi) is 11.9. The normalized spacial score (nSPS) is 12.0. The molecule has 0 spiro atoms. The smallest absolute Gasteiger partial charge is 0.430 e. The summed E-state index contributed by atoms with van der Waals surface area (Å²) >= 11 is 1.67. The molecule has 0 saturated heterocycles. The molecule has 43 heavy (non-hydrogen) atoms. The minimum Gasteiger partial charge on any atom is -0.542 e. The zero-order chi connectivity index (χ0) is 31.6. The Balaban J connectivity index is 0.000000646. The van der Waals surface area contributed by atoms with Crippen molar-refractivity contribution in [1.29, 1.82) is 0 Å². The van der Waals surface area contributed by atoms with E-state index in [1.807, 2.05) is 49.7 Å². The predicted molar refractivity (Wildman–Crippen MR) is 154 cm³/mol. The van der Waals surface area contributed by atoms with Crippen LogP contribution in [0.2, 0.25) is 0 Å². The first-order chi connectivity index (χ1) is 20.4. The number of carboxylic acids is 1. The summed E-state index contributed by atoms with van der Waals surface area (Å²) in [6.45, 7) is 3.90. The van der Waals surface area contributed by atoms with Crippen molar-refractivity contribution in [2.75, 3.05) is 7.11 Å². The fourth-order valence-electron chi connectivity index (χ4n) is 4.55. The van der Waals surface area contributed by atoms with Gasteiger partial charge in [-0.2, -0.15) is 13.2 Å². The number of methoxy groups -OCH3 is 1. The SMILES string of the molecule is CCC(=O)CCCCC[C@H](NC(=O)Cc1c(C)[nH]c2ccc(OC)cc12)c1[nH]c(-c2cccs2)c[nH+]1.O=C([O-])C(F)(F)F. The molecule has 13 heteroatoms. The third-order valence-corrected chi connectivity index (χ3v) is 7.75. The van der Waals surface area contributed by atoms with E-state index >= 15 is 0 Å². The van der Waals surface area contributed by atoms with Crippen molar-refractivity contribution in [3.8, 4) is 16.3 Å². The number of Topliss-reactive ketones (excluding diaryl/α,β-unsaturated/α-hetero) is 1. The average molecular weight is 621 g/mol. The fourth-order valence-corrected chi connectivity index (χ4v) is 5.25. The van der Waals surface area contributed by atoms with Gasteiger partial charge in [0.25, 0.3) is 5.82 Å². The summed E-state index contributed by atoms with van der Waals surface area (Å²) in [7, 11) is 1.65. The number of nitrogens with one attached hydrogen (secondary N) is 4. The zero-order valence-corrected chi connectivity index (χ0v) is 25.0. The highest BCUT2D eigenvalue weighted by atomic mass is 32.1. The van der Waals surface area contributed by atoms with E-state index in [9.17, 15) is 22.8 Å². The van der Waals surface area contributed by atoms with Gasteiger partial charge in [0.15, 0.2) is 5.69 Å². The van der Waals surface area contributed by atoms with Crippen molar-refractivity contribution in [2.24, 2.45) is 0 Å². The number of alkyl halides is 3. The van der Waals surface area contributed by atoms with Gasteiger partial charge in [-0.3, -0.25) is 9.59 Å². The van der Waals surface area contributed by atoms with E-state index in [1.54, 1.807) is 18.4 Å². The van der Waals surface area contributed by atoms with Gasteiger partial charge < -0.3 is 24.9 Å². The molecular weight excluding hydrogens is 585 g/mol. The Hall–Kier alpha value is -4.13. The summed E-state index contributed by atoms with van der Waals surface area (Å²) in [6.07, 6.45) is 1.82. The molecule has 0 fully saturated rings. The first kappa shape index (κ1) is 33.4. The van der Waals surface area contributed by atoms with Crippen LogP contribution in [0.25, 0.3) is 21.5 Å². The number of hydrogen-bond acceptors (Lipinski definition) is 6. The molecule has 232 valence electrons. The van der Waals surface area contributed by atoms with Gasteiger partial charge in [0.2, 0.25) is 5.91 Å². The van der Waals surface area contributed by atoms with E-state index in [0.29, 0.717) is 18.6 Å². The third-order valence-electron chi connectivity index (χ3n) is 6.85. The largest absolute Gasteiger partial charge is 0.542 e. The van der Waals surface area contributed by atoms with Gasteiger partial charge in [-0.05, 0) is 55.0 Å². The number of fused-ring (bicyclic) bond motifs is 1. The molecule has 1 aromatic carbocycles. The maximum Gasteiger partial charge on any atom is 0.430 e. The van der Waals surface area contributed by atoms with Crippen LogP contribution in [0.15, 0.2) is 41.9 Å². The second-order valence-corrected chi connectivity index (χ2v) is 10.9. The van der Waals surface area contributed by atoms with Crippen LogP contribution < -0.4 is 20.1 Å². The molecule has 0 bridgehead atoms. The number of hydrogen-bond donors (Lipinski definition) is 3. The Morgan fingerprint density at radius 3 is 2.51 bits per heavy atom. The highest BCUT2D eigenvalue weighted by molar-refractivity contribution is 7.13. The van der Waals surface area contributed by atoms with E-state index in [1.165, 1.54) is 0 Å². The van der Waals surface area contributed by atoms with Crippen LogP contribution in [0.5, 0.6) is 5.75 Å². The summed E-state index contributed by atoms with van der Waals surface area (Å²) in [5.41, 5.74) is 3.96. The van der Waals surface area contributed by atoms with E-state index in [4.69, 9.17) is 14.6 Å². The third kappa shape index (κ3) is 9.70. The summed E-state index contributed by atoms with van der Waals surface area (Å²) < 4.78 is 36.9. The lowest BCUT2D eigenvalue weighted by Gasteiger charge is -2.14. The topological polar surface area (TPSA) is 141 Å². The van der Waals surface area contributed by atoms with Gasteiger partial charge in [-0.25, -0.2) is 9.97 Å². The predicted octanol–water partition coefficient (Wildman–Crippen LogP) is 4.98. The fraction of sp³-hybridized carbons (Fsp3) is 0.400. The van der Waals surface area contributed by atoms with E-state index in [0.717, 1.165) is 70.0 Å². The number of unbranched alkanes of at least 4 members (excludes halogenated alkanes) is 2. The molecule has 0 aliphatic rings. The number of thiophene rings is 1. The number of aliphatic carboxylic acids is 1. The van der Waals surface area contributed by atoms with E-state index < -0.39 is 12.1 Å². The number of amides is 1. The Labute approximate surface area is 250 Å². The first-order valence-electron chi connectivity index (χ1n) is 13.8. The highest BCUT2D eigenvalue weighted by Crippen LogP contribution is 2.28. The molecule has 0 unspecified atom stereocenters. The molecule has 1 atom stereocenters. The molecular formula is C30H35F3N4O5S. The summed E-state index contributed by atoms with van der Waals surface area (Å²) in [5.74, 6) is -1.08. The van der Waals surface area contributed by atoms with Gasteiger partial charge in [-0.15, -0.1) is 11.3 Å². The summed E-state index contributed by atoms with van der Waals surface area (Å²) in [4.78, 5) is 45.0. The number of carboxylic acid groups (broad SMARTS) is 1. The van der Waals surface area contributed by atoms with Crippen LogP contribution in [-0.2, 0) is 20.8 Å². The number of aromatic amines is 3. The van der Waals surface area contributed by atoms with Crippen molar-refractivity contribution in [1.82, 2.24) is 15.3 Å². The number of aromatic nitrogens is 3. The van der Waals surface area contributed by atoms with E-state index in [2.05, 4.69) is 26.3 Å². The van der Waals surface area contributed by atoms with Crippen LogP contribution in [0, 0.1) is 6.92 Å². The van der Waals surface area contributed by atoms with E-state index in [-0.39, 0.29) is 18.4 Å². The number of carbonyl (C=O) groups excluding carboxylic acids is 3. The molecule has 4 aromatic rings. The van der Waals surface area contributed by atoms with Crippen molar-refractivity contribution >= 4 is 39.9 Å². The van der Waals surface area contributed by atoms with Gasteiger partial charge in [0, 0.05) is 29.4 Å². The zero-order valence-electron chi connectivity index (χ0n) is 24.2. The van der Waals surface area contributed by atoms with Crippen LogP contribution >= 0.6 is 11.3 Å². The second kappa shape index (κ2) is 15.4. The summed E-state index contributed by atoms with van der Waals surface area (Å²) in [6, 6.07) is 9.79. The number of ether oxygens (including phenoxy) is 1. The van der Waals surface area contributed by atoms with Crippen LogP contribution in [0.1, 0.15) is 68.6 Å². The quantitative estimate of drug-likeness (QED) is 0.181. The van der Waals surface area contributed by atoms with Crippen molar-refractivity contribution < 1.29 is 42.4 Å². The number of carbonyl (C=O) groups is 3. The number of halogens is 3. The maximum absolute atomic E-state index is 13.3. The lowest BCUT2D eigenvalue weighted by Crippen LogP contribution is -2.37. The van der Waals surface area contributed by atoms with Gasteiger partial charge in [0.05, 0.1) is 18.4 Å². The Morgan fingerprint density at radius 2 is 1.88 bits per heavy atom. The van der Waals surface area contributed by atoms with Crippen LogP contribution in [-0.4, -0.2) is 40.9 Å². The number of imidazole rings is 1. The number of benzene rings is 1. The Bertz CT molecular complexity index is 1510. The monoisotopic (exact) mass is 620 g/mol. The molecule has 9 nitrogen and oxygen atoms in total. The molecule has 1 amide bonds. The lowest BCUT2D eigenvalue weighted by atomic mass is 10.0. The molecule has 4 rings (SSSR count). The second-order valence-electron chi connectivity index (χ2n) is 9.93. The number of ketones is 1. The van der Waals surface area contributed by atoms with Crippen LogP contribution in [0.4, 0.5) is 13.2 Å². The number of H-pyrrole nitrogens is 3. The minimum absolute atomic E-state index is 0.0337. The first-order valence-corrected chi connectivity index (χ1v) is 14.7. The number of aryl methyl sites for hydroxylation is 1.